The van der Waals surface area contributed by atoms with Crippen LogP contribution in [-0.4, -0.2) is 154 Å². The van der Waals surface area contributed by atoms with Gasteiger partial charge in [0.1, 0.15) is 36.6 Å². The highest BCUT2D eigenvalue weighted by Gasteiger charge is 2.71. The van der Waals surface area contributed by atoms with Gasteiger partial charge in [-0.05, 0) is 110 Å². The molecule has 7 aliphatic rings. The van der Waals surface area contributed by atoms with E-state index in [1.165, 1.54) is 0 Å². The van der Waals surface area contributed by atoms with E-state index in [2.05, 4.69) is 27.7 Å². The summed E-state index contributed by atoms with van der Waals surface area (Å²) in [6, 6.07) is 0. The Morgan fingerprint density at radius 2 is 1.19 bits per heavy atom. The van der Waals surface area contributed by atoms with Crippen LogP contribution in [0.3, 0.4) is 0 Å². The van der Waals surface area contributed by atoms with E-state index in [0.29, 0.717) is 25.7 Å². The molecule has 19 atom stereocenters. The monoisotopic (exact) mass is 928 g/mol. The summed E-state index contributed by atoms with van der Waals surface area (Å²) in [5, 5.41) is 83.0. The van der Waals surface area contributed by atoms with Gasteiger partial charge in [0.25, 0.3) is 0 Å². The first-order valence-corrected chi connectivity index (χ1v) is 20.7. The van der Waals surface area contributed by atoms with Gasteiger partial charge in [0, 0.05) is 5.92 Å². The summed E-state index contributed by atoms with van der Waals surface area (Å²) in [7, 11) is 0. The molecule has 6 fully saturated rings. The van der Waals surface area contributed by atoms with Crippen molar-refractivity contribution in [3.8, 4) is 0 Å². The summed E-state index contributed by atoms with van der Waals surface area (Å²) in [5.74, 6) is -4.47. The van der Waals surface area contributed by atoms with Gasteiger partial charge in [-0.3, -0.25) is 9.59 Å². The van der Waals surface area contributed by atoms with E-state index >= 15 is 0 Å². The molecule has 2 aliphatic heterocycles. The maximum Gasteiger partial charge on any atom is 0.335 e. The summed E-state index contributed by atoms with van der Waals surface area (Å²) in [4.78, 5) is 51.3. The Balaban J connectivity index is 0.00000341. The van der Waals surface area contributed by atoms with Gasteiger partial charge in [0.05, 0.1) is 11.5 Å². The third kappa shape index (κ3) is 8.55. The van der Waals surface area contributed by atoms with Crippen LogP contribution >= 0.6 is 0 Å². The maximum atomic E-state index is 14.8. The number of carbonyl (C=O) groups is 4. The van der Waals surface area contributed by atoms with Crippen molar-refractivity contribution in [2.24, 2.45) is 50.2 Å². The van der Waals surface area contributed by atoms with Crippen molar-refractivity contribution in [2.45, 2.75) is 174 Å². The Bertz CT molecular complexity index is 1750. The zero-order valence-electron chi connectivity index (χ0n) is 37.8. The van der Waals surface area contributed by atoms with E-state index in [1.54, 1.807) is 0 Å². The van der Waals surface area contributed by atoms with Crippen LogP contribution in [0.25, 0.3) is 0 Å². The number of aliphatic hydroxyl groups is 5. The first-order chi connectivity index (χ1) is 26.8. The molecule has 4 saturated carbocycles. The number of rotatable bonds is 7. The summed E-state index contributed by atoms with van der Waals surface area (Å²) < 4.78 is 23.4. The van der Waals surface area contributed by atoms with E-state index in [9.17, 15) is 60.0 Å². The van der Waals surface area contributed by atoms with Gasteiger partial charge in [0.15, 0.2) is 30.6 Å². The summed E-state index contributed by atoms with van der Waals surface area (Å²) >= 11 is 0. The van der Waals surface area contributed by atoms with Crippen LogP contribution in [0.15, 0.2) is 11.6 Å². The van der Waals surface area contributed by atoms with Crippen LogP contribution in [0.4, 0.5) is 0 Å². The molecule has 0 unspecified atom stereocenters. The highest BCUT2D eigenvalue weighted by Crippen LogP contribution is 2.75. The average Bonchev–Trinajstić information content (AvgIpc) is 3.13. The largest absolute Gasteiger partial charge is 0.481 e. The molecule has 0 bridgehead atoms. The number of aliphatic hydroxyl groups excluding tert-OH is 5. The van der Waals surface area contributed by atoms with Crippen molar-refractivity contribution in [1.82, 2.24) is 12.3 Å². The minimum Gasteiger partial charge on any atom is -0.481 e. The second-order valence-corrected chi connectivity index (χ2v) is 20.6. The lowest BCUT2D eigenvalue weighted by Crippen LogP contribution is -2.68. The fourth-order valence-electron chi connectivity index (χ4n) is 13.4. The lowest BCUT2D eigenvalue weighted by molar-refractivity contribution is -0.371. The number of aliphatic carboxylic acids is 3. The minimum absolute atomic E-state index is 0. The number of fused-ring (bicyclic) bond motifs is 7. The third-order valence-corrected chi connectivity index (χ3v) is 17.2. The summed E-state index contributed by atoms with van der Waals surface area (Å²) in [6.45, 7) is 14.8. The van der Waals surface area contributed by atoms with Crippen molar-refractivity contribution < 1.29 is 101 Å². The van der Waals surface area contributed by atoms with Crippen molar-refractivity contribution in [3.63, 3.8) is 0 Å². The zero-order chi connectivity index (χ0) is 42.9. The SMILES string of the molecule is CC1(C)[C@@H](O[C@@H]2O[C@H](C(=O)O)[C@@H](O)[C@H](O)[C@H]2O[C@@H]2O[C@H](C(=O)O)[C@@H](O)[C@H](O)[C@H]2O)CC[C@]2(C)[C@H]3C(=O)C=C4[C@H]5C[C@@](C)(C(=O)O)CC[C@]5(C)CC[C@@]4(C)[C@]3(C)CC[C@@H]12.N.N.O.O.O.O. The molecule has 22 N–H and O–H groups in total. The summed E-state index contributed by atoms with van der Waals surface area (Å²) in [6.07, 6.45) is -12.2. The molecule has 22 heteroatoms. The Morgan fingerprint density at radius 1 is 0.656 bits per heavy atom. The lowest BCUT2D eigenvalue weighted by atomic mass is 9.33. The number of carboxylic acid groups (broad SMARTS) is 3. The van der Waals surface area contributed by atoms with Gasteiger partial charge in [-0.25, -0.2) is 9.59 Å². The van der Waals surface area contributed by atoms with Gasteiger partial charge in [-0.15, -0.1) is 0 Å². The fraction of sp³-hybridized carbons (Fsp3) is 0.857. The predicted octanol–water partition coefficient (Wildman–Crippen LogP) is -0.729. The van der Waals surface area contributed by atoms with Crippen LogP contribution in [0.2, 0.25) is 0 Å². The molecule has 0 spiro atoms. The Labute approximate surface area is 372 Å². The van der Waals surface area contributed by atoms with Gasteiger partial charge in [0.2, 0.25) is 0 Å². The first-order valence-electron chi connectivity index (χ1n) is 20.7. The lowest BCUT2D eigenvalue weighted by Gasteiger charge is -2.70. The van der Waals surface area contributed by atoms with Crippen molar-refractivity contribution in [3.05, 3.63) is 11.6 Å². The molecule has 7 rings (SSSR count). The number of ether oxygens (including phenoxy) is 4. The van der Waals surface area contributed by atoms with E-state index < -0.39 is 107 Å². The molecule has 64 heavy (non-hydrogen) atoms. The molecule has 2 saturated heterocycles. The number of hydrogen-bond donors (Lipinski definition) is 10. The number of carbonyl (C=O) groups excluding carboxylic acids is 1. The zero-order valence-corrected chi connectivity index (χ0v) is 37.8. The smallest absolute Gasteiger partial charge is 0.335 e. The van der Waals surface area contributed by atoms with Crippen molar-refractivity contribution >= 4 is 23.7 Å². The normalized spacial score (nSPS) is 47.6. The molecule has 2 heterocycles. The highest BCUT2D eigenvalue weighted by molar-refractivity contribution is 5.95. The molecule has 0 aromatic rings. The third-order valence-electron chi connectivity index (χ3n) is 17.2. The second-order valence-electron chi connectivity index (χ2n) is 20.6. The quantitative estimate of drug-likeness (QED) is 0.141. The van der Waals surface area contributed by atoms with E-state index in [1.807, 2.05) is 26.8 Å². The Kier molecular flexibility index (Phi) is 18.0. The molecule has 5 aliphatic carbocycles. The molecular formula is C42H76N2O20. The highest BCUT2D eigenvalue weighted by atomic mass is 16.8. The van der Waals surface area contributed by atoms with Gasteiger partial charge in [-0.2, -0.15) is 0 Å². The van der Waals surface area contributed by atoms with Crippen LogP contribution in [0, 0.1) is 50.2 Å². The molecule has 374 valence electrons. The van der Waals surface area contributed by atoms with Gasteiger partial charge < -0.3 is 94.0 Å². The number of allylic oxidation sites excluding steroid dienone is 2. The van der Waals surface area contributed by atoms with Gasteiger partial charge >= 0.3 is 17.9 Å². The Morgan fingerprint density at radius 3 is 1.73 bits per heavy atom. The van der Waals surface area contributed by atoms with E-state index in [-0.39, 0.29) is 68.6 Å². The molecule has 0 amide bonds. The number of carboxylic acids is 3. The minimum atomic E-state index is -2.05. The second kappa shape index (κ2) is 19.4. The molecular weight excluding hydrogens is 852 g/mol. The van der Waals surface area contributed by atoms with Crippen LogP contribution in [0.5, 0.6) is 0 Å². The fourth-order valence-corrected chi connectivity index (χ4v) is 13.4. The molecule has 22 nitrogen and oxygen atoms in total. The van der Waals surface area contributed by atoms with Crippen LogP contribution in [-0.2, 0) is 38.1 Å². The van der Waals surface area contributed by atoms with E-state index in [4.69, 9.17) is 18.9 Å². The maximum absolute atomic E-state index is 14.8. The summed E-state index contributed by atoms with van der Waals surface area (Å²) in [5.41, 5.74) is -1.81. The number of hydrogen-bond acceptors (Lipinski definition) is 15. The molecule has 0 radical (unpaired) electrons. The standard InChI is InChI=1S/C42H62O16.2H3N.4H2O/c1-37(2)21-8-11-42(7)31(20(43)16-18-19-17-39(4,36(53)54)13-12-38(19,3)14-15-41(18,42)6)40(21,5)10-9-22(37)55-35-30(26(47)25(46)29(57-35)33(51)52)58-34-27(48)23(44)24(45)28(56-34)32(49)50;;;;;;/h16,19,21-31,34-35,44-48H,8-15,17H2,1-7H3,(H,49,50)(H,51,52)(H,53,54);2*1H3;4*1H2/t19-,21+,22+,23+,24+,25+,26+,27-,28+,29+,30-,31-,34+,35-,38-,39+,40+,41-,42-;;;;;;/m1....../s1. The number of ketones is 1. The van der Waals surface area contributed by atoms with Crippen LogP contribution in [0.1, 0.15) is 106 Å². The Hall–Kier alpha value is -2.78. The first kappa shape index (κ1) is 59.2. The van der Waals surface area contributed by atoms with Crippen molar-refractivity contribution in [1.29, 1.82) is 0 Å². The predicted molar refractivity (Wildman–Crippen MR) is 224 cm³/mol. The van der Waals surface area contributed by atoms with E-state index in [0.717, 1.165) is 37.7 Å². The van der Waals surface area contributed by atoms with Crippen molar-refractivity contribution in [2.75, 3.05) is 0 Å². The molecule has 0 aromatic heterocycles. The topological polar surface area (TPSA) is 463 Å². The molecule has 0 aromatic carbocycles. The average molecular weight is 929 g/mol. The van der Waals surface area contributed by atoms with Crippen LogP contribution < -0.4 is 12.3 Å². The van der Waals surface area contributed by atoms with Gasteiger partial charge in [-0.1, -0.05) is 47.1 Å².